The van der Waals surface area contributed by atoms with E-state index in [0.717, 1.165) is 16.5 Å². The fraction of sp³-hybridized carbons (Fsp3) is 0.0625. The number of hydrogen-bond donors (Lipinski definition) is 1. The highest BCUT2D eigenvalue weighted by molar-refractivity contribution is 5.93. The second-order valence-electron chi connectivity index (χ2n) is 4.48. The van der Waals surface area contributed by atoms with E-state index in [1.807, 2.05) is 36.4 Å². The van der Waals surface area contributed by atoms with Crippen molar-refractivity contribution in [2.24, 2.45) is 0 Å². The van der Waals surface area contributed by atoms with Crippen LogP contribution in [0.3, 0.4) is 0 Å². The van der Waals surface area contributed by atoms with Gasteiger partial charge in [0.15, 0.2) is 0 Å². The molecule has 0 aliphatic carbocycles. The number of aromatic nitrogens is 2. The molecule has 3 rings (SSSR count). The van der Waals surface area contributed by atoms with Gasteiger partial charge >= 0.3 is 5.97 Å². The highest BCUT2D eigenvalue weighted by Gasteiger charge is 2.08. The summed E-state index contributed by atoms with van der Waals surface area (Å²) >= 11 is 0. The van der Waals surface area contributed by atoms with Crippen LogP contribution in [-0.2, 0) is 11.4 Å². The molecule has 0 radical (unpaired) electrons. The Hall–Kier alpha value is -2.79. The van der Waals surface area contributed by atoms with Crippen LogP contribution in [0.1, 0.15) is 15.9 Å². The van der Waals surface area contributed by atoms with Gasteiger partial charge in [-0.25, -0.2) is 4.79 Å². The second kappa shape index (κ2) is 6.11. The molecule has 0 unspecified atom stereocenters. The minimum Gasteiger partial charge on any atom is -0.366 e. The topological polar surface area (TPSA) is 64.1 Å². The van der Waals surface area contributed by atoms with E-state index in [9.17, 15) is 4.79 Å². The normalized spacial score (nSPS) is 10.5. The number of nitrogens with one attached hydrogen (secondary N) is 1. The lowest BCUT2D eigenvalue weighted by molar-refractivity contribution is 0.0237. The first-order chi connectivity index (χ1) is 10.3. The molecule has 5 nitrogen and oxygen atoms in total. The summed E-state index contributed by atoms with van der Waals surface area (Å²) in [5, 5.41) is 0.904. The lowest BCUT2D eigenvalue weighted by atomic mass is 10.2. The highest BCUT2D eigenvalue weighted by Crippen LogP contribution is 2.13. The van der Waals surface area contributed by atoms with Gasteiger partial charge in [0.05, 0.1) is 17.6 Å². The van der Waals surface area contributed by atoms with Crippen LogP contribution >= 0.6 is 0 Å². The van der Waals surface area contributed by atoms with Gasteiger partial charge in [-0.05, 0) is 29.8 Å². The van der Waals surface area contributed by atoms with Gasteiger partial charge in [-0.1, -0.05) is 18.2 Å². The SMILES string of the molecule is O=C(ONCc1ccncc1)c1cnc2ccccc2c1. The van der Waals surface area contributed by atoms with Crippen LogP contribution in [0, 0.1) is 0 Å². The highest BCUT2D eigenvalue weighted by atomic mass is 16.7. The molecule has 3 aromatic rings. The van der Waals surface area contributed by atoms with Crippen LogP contribution in [0.2, 0.25) is 0 Å². The Kier molecular flexibility index (Phi) is 3.84. The number of fused-ring (bicyclic) bond motifs is 1. The van der Waals surface area contributed by atoms with Crippen molar-refractivity contribution in [3.63, 3.8) is 0 Å². The Balaban J connectivity index is 1.64. The van der Waals surface area contributed by atoms with E-state index in [1.165, 1.54) is 6.20 Å². The molecule has 0 bridgehead atoms. The number of hydroxylamine groups is 1. The van der Waals surface area contributed by atoms with Gasteiger partial charge in [-0.15, -0.1) is 5.48 Å². The molecular formula is C16H13N3O2. The van der Waals surface area contributed by atoms with Crippen molar-refractivity contribution in [3.05, 3.63) is 72.2 Å². The van der Waals surface area contributed by atoms with Crippen LogP contribution in [0.4, 0.5) is 0 Å². The molecule has 0 saturated heterocycles. The van der Waals surface area contributed by atoms with E-state index >= 15 is 0 Å². The van der Waals surface area contributed by atoms with Crippen molar-refractivity contribution in [3.8, 4) is 0 Å². The van der Waals surface area contributed by atoms with E-state index in [4.69, 9.17) is 4.84 Å². The van der Waals surface area contributed by atoms with Crippen molar-refractivity contribution in [1.82, 2.24) is 15.4 Å². The van der Waals surface area contributed by atoms with E-state index in [2.05, 4.69) is 15.4 Å². The smallest absolute Gasteiger partial charge is 0.358 e. The minimum absolute atomic E-state index is 0.413. The lowest BCUT2D eigenvalue weighted by Gasteiger charge is -2.06. The lowest BCUT2D eigenvalue weighted by Crippen LogP contribution is -2.19. The third kappa shape index (κ3) is 3.21. The molecule has 0 spiro atoms. The minimum atomic E-state index is -0.456. The quantitative estimate of drug-likeness (QED) is 0.743. The summed E-state index contributed by atoms with van der Waals surface area (Å²) in [6.45, 7) is 0.426. The number of hydrogen-bond acceptors (Lipinski definition) is 5. The van der Waals surface area contributed by atoms with Gasteiger partial charge in [0.2, 0.25) is 0 Å². The average molecular weight is 279 g/mol. The largest absolute Gasteiger partial charge is 0.366 e. The van der Waals surface area contributed by atoms with E-state index in [-0.39, 0.29) is 0 Å². The number of benzene rings is 1. The molecule has 0 saturated carbocycles. The maximum Gasteiger partial charge on any atom is 0.358 e. The zero-order chi connectivity index (χ0) is 14.5. The molecule has 2 aromatic heterocycles. The predicted octanol–water partition coefficient (Wildman–Crippen LogP) is 2.49. The van der Waals surface area contributed by atoms with Gasteiger partial charge in [-0.2, -0.15) is 0 Å². The molecule has 2 heterocycles. The van der Waals surface area contributed by atoms with Gasteiger partial charge in [0, 0.05) is 24.0 Å². The fourth-order valence-corrected chi connectivity index (χ4v) is 1.93. The first-order valence-electron chi connectivity index (χ1n) is 6.51. The average Bonchev–Trinajstić information content (AvgIpc) is 2.55. The fourth-order valence-electron chi connectivity index (χ4n) is 1.93. The van der Waals surface area contributed by atoms with Crippen molar-refractivity contribution in [1.29, 1.82) is 0 Å². The maximum absolute atomic E-state index is 11.9. The Morgan fingerprint density at radius 1 is 1.14 bits per heavy atom. The van der Waals surface area contributed by atoms with Crippen LogP contribution in [0.25, 0.3) is 10.9 Å². The Bertz CT molecular complexity index is 760. The molecule has 104 valence electrons. The molecule has 21 heavy (non-hydrogen) atoms. The predicted molar refractivity (Wildman–Crippen MR) is 78.2 cm³/mol. The van der Waals surface area contributed by atoms with E-state index in [1.54, 1.807) is 18.5 Å². The van der Waals surface area contributed by atoms with Gasteiger partial charge in [-0.3, -0.25) is 9.97 Å². The summed E-state index contributed by atoms with van der Waals surface area (Å²) in [6.07, 6.45) is 4.89. The molecule has 1 N–H and O–H groups in total. The van der Waals surface area contributed by atoms with Gasteiger partial charge < -0.3 is 4.84 Å². The van der Waals surface area contributed by atoms with Crippen molar-refractivity contribution >= 4 is 16.9 Å². The summed E-state index contributed by atoms with van der Waals surface area (Å²) in [4.78, 5) is 25.1. The second-order valence-corrected chi connectivity index (χ2v) is 4.48. The van der Waals surface area contributed by atoms with Crippen LogP contribution in [0.5, 0.6) is 0 Å². The summed E-state index contributed by atoms with van der Waals surface area (Å²) in [7, 11) is 0. The van der Waals surface area contributed by atoms with Crippen LogP contribution in [-0.4, -0.2) is 15.9 Å². The maximum atomic E-state index is 11.9. The van der Waals surface area contributed by atoms with Crippen LogP contribution < -0.4 is 5.48 Å². The monoisotopic (exact) mass is 279 g/mol. The number of nitrogens with zero attached hydrogens (tertiary/aromatic N) is 2. The van der Waals surface area contributed by atoms with Gasteiger partial charge in [0.1, 0.15) is 0 Å². The zero-order valence-corrected chi connectivity index (χ0v) is 11.2. The van der Waals surface area contributed by atoms with Crippen molar-refractivity contribution in [2.45, 2.75) is 6.54 Å². The molecule has 0 atom stereocenters. The summed E-state index contributed by atoms with van der Waals surface area (Å²) in [6, 6.07) is 13.1. The number of carbonyl (C=O) groups excluding carboxylic acids is 1. The standard InChI is InChI=1S/C16H13N3O2/c20-16(21-19-10-12-5-7-17-8-6-12)14-9-13-3-1-2-4-15(13)18-11-14/h1-9,11,19H,10H2. The molecule has 0 amide bonds. The van der Waals surface area contributed by atoms with E-state index < -0.39 is 5.97 Å². The molecule has 5 heteroatoms. The molecule has 0 fully saturated rings. The van der Waals surface area contributed by atoms with E-state index in [0.29, 0.717) is 12.1 Å². The Labute approximate surface area is 121 Å². The number of rotatable bonds is 4. The first-order valence-corrected chi connectivity index (χ1v) is 6.51. The number of para-hydroxylation sites is 1. The Morgan fingerprint density at radius 3 is 2.81 bits per heavy atom. The first kappa shape index (κ1) is 13.2. The molecule has 0 aliphatic heterocycles. The third-order valence-corrected chi connectivity index (χ3v) is 3.02. The zero-order valence-electron chi connectivity index (χ0n) is 11.2. The summed E-state index contributed by atoms with van der Waals surface area (Å²) < 4.78 is 0. The Morgan fingerprint density at radius 2 is 1.95 bits per heavy atom. The van der Waals surface area contributed by atoms with Crippen molar-refractivity contribution in [2.75, 3.05) is 0 Å². The third-order valence-electron chi connectivity index (χ3n) is 3.02. The van der Waals surface area contributed by atoms with Crippen LogP contribution in [0.15, 0.2) is 61.1 Å². The number of carbonyl (C=O) groups is 1. The summed E-state index contributed by atoms with van der Waals surface area (Å²) in [5.41, 5.74) is 4.88. The van der Waals surface area contributed by atoms with Gasteiger partial charge in [0.25, 0.3) is 0 Å². The molecule has 0 aliphatic rings. The number of pyridine rings is 2. The van der Waals surface area contributed by atoms with Crippen molar-refractivity contribution < 1.29 is 9.63 Å². The molecule has 1 aromatic carbocycles. The molecular weight excluding hydrogens is 266 g/mol. The summed E-state index contributed by atoms with van der Waals surface area (Å²) in [5.74, 6) is -0.456.